The minimum absolute atomic E-state index is 0.142. The molecule has 0 bridgehead atoms. The summed E-state index contributed by atoms with van der Waals surface area (Å²) in [6.45, 7) is 8.57. The first-order valence-electron chi connectivity index (χ1n) is 15.4. The predicted octanol–water partition coefficient (Wildman–Crippen LogP) is 6.19. The maximum absolute atomic E-state index is 15.6. The van der Waals surface area contributed by atoms with Crippen LogP contribution in [0, 0.1) is 17.1 Å². The summed E-state index contributed by atoms with van der Waals surface area (Å²) in [7, 11) is 0. The monoisotopic (exact) mass is 594 g/mol. The fourth-order valence-corrected chi connectivity index (χ4v) is 6.55. The number of hydrogen-bond acceptors (Lipinski definition) is 8. The van der Waals surface area contributed by atoms with Crippen LogP contribution in [0.2, 0.25) is 0 Å². The van der Waals surface area contributed by atoms with E-state index in [2.05, 4.69) is 45.8 Å². The number of aromatic nitrogens is 4. The number of ether oxygens (including phenoxy) is 1. The average molecular weight is 595 g/mol. The van der Waals surface area contributed by atoms with E-state index in [1.54, 1.807) is 12.1 Å². The molecule has 4 heterocycles. The summed E-state index contributed by atoms with van der Waals surface area (Å²) in [4.78, 5) is 13.5. The number of fused-ring (bicyclic) bond motifs is 1. The number of likely N-dealkylation sites (tertiary alicyclic amines) is 2. The van der Waals surface area contributed by atoms with Gasteiger partial charge in [-0.2, -0.15) is 10.4 Å². The highest BCUT2D eigenvalue weighted by Gasteiger charge is 2.30. The van der Waals surface area contributed by atoms with Crippen molar-refractivity contribution in [2.45, 2.75) is 64.1 Å². The molecule has 9 nitrogen and oxygen atoms in total. The topological polar surface area (TPSA) is 109 Å². The van der Waals surface area contributed by atoms with Crippen LogP contribution in [-0.2, 0) is 6.54 Å². The van der Waals surface area contributed by atoms with E-state index in [4.69, 9.17) is 15.6 Å². The van der Waals surface area contributed by atoms with Crippen LogP contribution in [0.25, 0.3) is 22.3 Å². The van der Waals surface area contributed by atoms with Crippen LogP contribution in [0.4, 0.5) is 10.2 Å². The first-order valence-corrected chi connectivity index (χ1v) is 15.4. The molecule has 0 saturated carbocycles. The molecular weight excluding hydrogens is 555 g/mol. The van der Waals surface area contributed by atoms with E-state index < -0.39 is 5.82 Å². The van der Waals surface area contributed by atoms with E-state index in [1.165, 1.54) is 31.7 Å². The summed E-state index contributed by atoms with van der Waals surface area (Å²) in [6, 6.07) is 16.6. The third-order valence-corrected chi connectivity index (χ3v) is 8.83. The highest BCUT2D eigenvalue weighted by Crippen LogP contribution is 2.35. The van der Waals surface area contributed by atoms with Gasteiger partial charge in [0, 0.05) is 35.3 Å². The van der Waals surface area contributed by atoms with Gasteiger partial charge in [-0.3, -0.25) is 9.80 Å². The van der Waals surface area contributed by atoms with E-state index in [0.29, 0.717) is 46.9 Å². The number of hydrogen-bond donors (Lipinski definition) is 1. The lowest BCUT2D eigenvalue weighted by Gasteiger charge is -2.39. The zero-order valence-electron chi connectivity index (χ0n) is 25.4. The standard InChI is InChI=1S/C34H39FN8O/c1-34(2,42-16-7-4-8-17-42)19-24(20-36)21-41-15-9-10-25(41)22-43-33-30(32(37)38-23-39-33)31(40-43)28-14-13-27(18-29(28)35)44-26-11-5-3-6-12-26/h3,5-6,11-14,18-19,23,25H,4,7-10,15-17,21-22H2,1-2H3,(H2,37,38,39). The van der Waals surface area contributed by atoms with Crippen molar-refractivity contribution in [2.75, 3.05) is 31.9 Å². The SMILES string of the molecule is CC(C)(C=C(C#N)CN1CCCC1Cn1nc(-c2ccc(Oc3ccccc3)cc2F)c2c(N)ncnc21)N1CCCCC1. The minimum atomic E-state index is -0.476. The lowest BCUT2D eigenvalue weighted by Crippen LogP contribution is -2.46. The van der Waals surface area contributed by atoms with Gasteiger partial charge in [-0.05, 0) is 89.5 Å². The zero-order chi connectivity index (χ0) is 30.7. The fourth-order valence-electron chi connectivity index (χ4n) is 6.55. The quantitative estimate of drug-likeness (QED) is 0.229. The van der Waals surface area contributed by atoms with Gasteiger partial charge >= 0.3 is 0 Å². The summed E-state index contributed by atoms with van der Waals surface area (Å²) in [5, 5.41) is 15.5. The second kappa shape index (κ2) is 12.7. The van der Waals surface area contributed by atoms with Crippen molar-refractivity contribution >= 4 is 16.9 Å². The average Bonchev–Trinajstić information content (AvgIpc) is 3.62. The van der Waals surface area contributed by atoms with Crippen LogP contribution >= 0.6 is 0 Å². The Labute approximate surface area is 257 Å². The minimum Gasteiger partial charge on any atom is -0.457 e. The number of nitrogens with two attached hydrogens (primary N) is 1. The van der Waals surface area contributed by atoms with Gasteiger partial charge in [-0.25, -0.2) is 19.0 Å². The summed E-state index contributed by atoms with van der Waals surface area (Å²) < 4.78 is 23.2. The van der Waals surface area contributed by atoms with E-state index in [9.17, 15) is 5.26 Å². The van der Waals surface area contributed by atoms with E-state index in [0.717, 1.165) is 38.0 Å². The number of para-hydroxylation sites is 1. The second-order valence-corrected chi connectivity index (χ2v) is 12.3. The Morgan fingerprint density at radius 1 is 1.07 bits per heavy atom. The molecule has 2 aliphatic heterocycles. The smallest absolute Gasteiger partial charge is 0.164 e. The molecule has 4 aromatic rings. The van der Waals surface area contributed by atoms with E-state index >= 15 is 4.39 Å². The van der Waals surface area contributed by atoms with Gasteiger partial charge < -0.3 is 10.5 Å². The summed E-state index contributed by atoms with van der Waals surface area (Å²) >= 11 is 0. The Morgan fingerprint density at radius 3 is 2.61 bits per heavy atom. The van der Waals surface area contributed by atoms with Gasteiger partial charge in [0.15, 0.2) is 5.65 Å². The number of anilines is 1. The number of rotatable bonds is 9. The Hall–Kier alpha value is -4.33. The fraction of sp³-hybridized carbons (Fsp3) is 0.412. The molecule has 10 heteroatoms. The molecule has 2 aliphatic rings. The highest BCUT2D eigenvalue weighted by atomic mass is 19.1. The van der Waals surface area contributed by atoms with Gasteiger partial charge in [0.2, 0.25) is 0 Å². The second-order valence-electron chi connectivity index (χ2n) is 12.3. The molecule has 2 saturated heterocycles. The van der Waals surface area contributed by atoms with Crippen LogP contribution in [0.15, 0.2) is 66.5 Å². The first-order chi connectivity index (χ1) is 21.3. The summed E-state index contributed by atoms with van der Waals surface area (Å²) in [5.41, 5.74) is 8.19. The number of benzene rings is 2. The lowest BCUT2D eigenvalue weighted by atomic mass is 9.95. The lowest BCUT2D eigenvalue weighted by molar-refractivity contribution is 0.131. The van der Waals surface area contributed by atoms with Gasteiger partial charge in [-0.15, -0.1) is 0 Å². The zero-order valence-corrected chi connectivity index (χ0v) is 25.4. The van der Waals surface area contributed by atoms with Crippen molar-refractivity contribution in [2.24, 2.45) is 0 Å². The van der Waals surface area contributed by atoms with Gasteiger partial charge in [0.25, 0.3) is 0 Å². The molecule has 1 unspecified atom stereocenters. The highest BCUT2D eigenvalue weighted by molar-refractivity contribution is 5.98. The molecule has 44 heavy (non-hydrogen) atoms. The first kappa shape index (κ1) is 29.7. The van der Waals surface area contributed by atoms with Gasteiger partial charge in [-0.1, -0.05) is 24.6 Å². The summed E-state index contributed by atoms with van der Waals surface area (Å²) in [5.74, 6) is 0.781. The molecule has 1 atom stereocenters. The van der Waals surface area contributed by atoms with Gasteiger partial charge in [0.05, 0.1) is 18.0 Å². The number of halogens is 1. The van der Waals surface area contributed by atoms with E-state index in [1.807, 2.05) is 35.0 Å². The van der Waals surface area contributed by atoms with Crippen molar-refractivity contribution in [1.82, 2.24) is 29.5 Å². The molecular formula is C34H39FN8O. The largest absolute Gasteiger partial charge is 0.457 e. The summed E-state index contributed by atoms with van der Waals surface area (Å²) in [6.07, 6.45) is 9.24. The van der Waals surface area contributed by atoms with Crippen LogP contribution in [-0.4, -0.2) is 67.3 Å². The van der Waals surface area contributed by atoms with Crippen LogP contribution in [0.5, 0.6) is 11.5 Å². The van der Waals surface area contributed by atoms with Crippen molar-refractivity contribution in [3.8, 4) is 28.8 Å². The normalized spacial score (nSPS) is 18.5. The van der Waals surface area contributed by atoms with Gasteiger partial charge in [0.1, 0.15) is 35.2 Å². The molecule has 228 valence electrons. The van der Waals surface area contributed by atoms with Crippen molar-refractivity contribution in [3.05, 3.63) is 72.3 Å². The molecule has 2 fully saturated rings. The Morgan fingerprint density at radius 2 is 1.86 bits per heavy atom. The Balaban J connectivity index is 1.25. The molecule has 0 aliphatic carbocycles. The molecule has 0 amide bonds. The Bertz CT molecular complexity index is 1690. The van der Waals surface area contributed by atoms with Crippen molar-refractivity contribution in [3.63, 3.8) is 0 Å². The van der Waals surface area contributed by atoms with Crippen LogP contribution < -0.4 is 10.5 Å². The molecule has 2 N–H and O–H groups in total. The van der Waals surface area contributed by atoms with Crippen LogP contribution in [0.1, 0.15) is 46.0 Å². The number of nitrogen functional groups attached to an aromatic ring is 1. The molecule has 2 aromatic heterocycles. The number of nitriles is 1. The molecule has 0 spiro atoms. The third-order valence-electron chi connectivity index (χ3n) is 8.83. The van der Waals surface area contributed by atoms with Crippen LogP contribution in [0.3, 0.4) is 0 Å². The Kier molecular flexibility index (Phi) is 8.60. The molecule has 6 rings (SSSR count). The molecule has 0 radical (unpaired) electrons. The van der Waals surface area contributed by atoms with E-state index in [-0.39, 0.29) is 17.4 Å². The maximum atomic E-state index is 15.6. The predicted molar refractivity (Wildman–Crippen MR) is 169 cm³/mol. The number of nitrogens with zero attached hydrogens (tertiary/aromatic N) is 7. The van der Waals surface area contributed by atoms with Crippen molar-refractivity contribution in [1.29, 1.82) is 5.26 Å². The maximum Gasteiger partial charge on any atom is 0.164 e. The molecule has 2 aromatic carbocycles. The third kappa shape index (κ3) is 6.30. The van der Waals surface area contributed by atoms with Crippen molar-refractivity contribution < 1.29 is 9.13 Å². The number of piperidine rings is 1.